The molecular formula is C26H16N9O2S4+. The molecule has 8 heterocycles. The second kappa shape index (κ2) is 9.53. The summed E-state index contributed by atoms with van der Waals surface area (Å²) in [6.45, 7) is 0. The summed E-state index contributed by atoms with van der Waals surface area (Å²) >= 11 is 6.01. The first-order valence-electron chi connectivity index (χ1n) is 12.2. The van der Waals surface area contributed by atoms with Crippen molar-refractivity contribution in [3.05, 3.63) is 119 Å². The Morgan fingerprint density at radius 2 is 0.707 bits per heavy atom. The van der Waals surface area contributed by atoms with Crippen molar-refractivity contribution >= 4 is 47.8 Å². The number of rotatable bonds is 4. The zero-order valence-corrected chi connectivity index (χ0v) is 24.0. The molecule has 0 saturated carbocycles. The molecule has 0 fully saturated rings. The maximum atomic E-state index is 13.8. The molecule has 6 aromatic rings. The van der Waals surface area contributed by atoms with Crippen molar-refractivity contribution in [2.75, 3.05) is 0 Å². The number of nitrogens with zero attached hydrogens (tertiary/aromatic N) is 9. The van der Waals surface area contributed by atoms with Crippen molar-refractivity contribution in [2.24, 2.45) is 0 Å². The molecule has 2 aliphatic heterocycles. The molecule has 2 aliphatic rings. The molecule has 0 aromatic carbocycles. The van der Waals surface area contributed by atoms with E-state index in [4.69, 9.17) is 0 Å². The molecule has 0 bridgehead atoms. The van der Waals surface area contributed by atoms with Crippen LogP contribution in [0.2, 0.25) is 0 Å². The van der Waals surface area contributed by atoms with Crippen LogP contribution in [-0.4, -0.2) is 40.3 Å². The van der Waals surface area contributed by atoms with Crippen LogP contribution in [0.25, 0.3) is 23.3 Å². The van der Waals surface area contributed by atoms with E-state index in [1.807, 2.05) is 72.8 Å². The molecule has 6 aromatic heterocycles. The summed E-state index contributed by atoms with van der Waals surface area (Å²) in [6.07, 6.45) is 6.67. The third-order valence-electron chi connectivity index (χ3n) is 6.25. The van der Waals surface area contributed by atoms with Crippen molar-refractivity contribution in [1.82, 2.24) is 38.2 Å². The van der Waals surface area contributed by atoms with Gasteiger partial charge in [-0.3, -0.25) is 0 Å². The number of quaternary nitrogens is 1. The molecule has 0 aliphatic carbocycles. The van der Waals surface area contributed by atoms with Crippen LogP contribution in [0.1, 0.15) is 0 Å². The van der Waals surface area contributed by atoms with E-state index in [0.29, 0.717) is 23.3 Å². The maximum absolute atomic E-state index is 13.8. The third-order valence-corrected chi connectivity index (χ3v) is 12.3. The van der Waals surface area contributed by atoms with Gasteiger partial charge in [-0.25, -0.2) is 47.8 Å². The highest BCUT2D eigenvalue weighted by atomic mass is 32.3. The molecule has 15 heteroatoms. The third kappa shape index (κ3) is 3.84. The maximum Gasteiger partial charge on any atom is 0.341 e. The topological polar surface area (TPSA) is 105 Å². The molecule has 41 heavy (non-hydrogen) atoms. The van der Waals surface area contributed by atoms with Crippen LogP contribution in [0.3, 0.4) is 0 Å². The Morgan fingerprint density at radius 3 is 0.927 bits per heavy atom. The van der Waals surface area contributed by atoms with Crippen molar-refractivity contribution in [3.63, 3.8) is 0 Å². The Morgan fingerprint density at radius 1 is 0.439 bits per heavy atom. The standard InChI is InChI=1S/C26H16N9O2S4/c36-25-31(17-9-1-5-13-27-17)21-22(32(25)18-10-2-6-14-28-18)39-35(38-21)40-23-24(41-35)34(20-12-4-8-16-30-20)26(37)33(23)19-11-3-7-15-29-19/h1-16H/q+1. The average Bonchev–Trinajstić information content (AvgIpc) is 3.69. The van der Waals surface area contributed by atoms with Gasteiger partial charge in [-0.15, -0.1) is 0 Å². The largest absolute Gasteiger partial charge is 0.341 e. The Balaban J connectivity index is 1.30. The Labute approximate surface area is 249 Å². The van der Waals surface area contributed by atoms with E-state index in [9.17, 15) is 9.59 Å². The minimum atomic E-state index is -0.250. The van der Waals surface area contributed by atoms with Crippen LogP contribution in [0.15, 0.2) is 127 Å². The summed E-state index contributed by atoms with van der Waals surface area (Å²) in [5.74, 6) is 2.08. The van der Waals surface area contributed by atoms with Crippen molar-refractivity contribution < 1.29 is 2.10 Å². The predicted molar refractivity (Wildman–Crippen MR) is 158 cm³/mol. The number of hydrogen-bond acceptors (Lipinski definition) is 10. The van der Waals surface area contributed by atoms with E-state index < -0.39 is 0 Å². The highest BCUT2D eigenvalue weighted by molar-refractivity contribution is 8.31. The van der Waals surface area contributed by atoms with Crippen molar-refractivity contribution in [3.8, 4) is 23.3 Å². The second-order valence-corrected chi connectivity index (χ2v) is 14.5. The van der Waals surface area contributed by atoms with Crippen molar-refractivity contribution in [1.29, 1.82) is 0 Å². The molecule has 0 saturated heterocycles. The molecule has 8 rings (SSSR count). The number of hydrogen-bond donors (Lipinski definition) is 0. The van der Waals surface area contributed by atoms with Gasteiger partial charge < -0.3 is 0 Å². The normalized spacial score (nSPS) is 14.8. The molecule has 0 unspecified atom stereocenters. The molecule has 0 radical (unpaired) electrons. The minimum absolute atomic E-state index is 0.250. The molecule has 1 spiro atoms. The summed E-state index contributed by atoms with van der Waals surface area (Å²) in [7, 11) is 0. The van der Waals surface area contributed by atoms with Gasteiger partial charge in [-0.05, 0) is 48.5 Å². The number of pyridine rings is 4. The lowest BCUT2D eigenvalue weighted by Gasteiger charge is -2.17. The lowest BCUT2D eigenvalue weighted by Crippen LogP contribution is -2.27. The highest BCUT2D eigenvalue weighted by Crippen LogP contribution is 2.71. The van der Waals surface area contributed by atoms with E-state index in [0.717, 1.165) is 20.1 Å². The zero-order chi connectivity index (χ0) is 27.6. The number of fused-ring (bicyclic) bond motifs is 2. The lowest BCUT2D eigenvalue weighted by atomic mass is 10.4. The van der Waals surface area contributed by atoms with Gasteiger partial charge >= 0.3 is 11.4 Å². The predicted octanol–water partition coefficient (Wildman–Crippen LogP) is 4.72. The summed E-state index contributed by atoms with van der Waals surface area (Å²) in [5, 5.41) is 2.97. The van der Waals surface area contributed by atoms with Crippen LogP contribution in [0.4, 0.5) is 0 Å². The SMILES string of the molecule is O=c1n(-c2ccccn2)c2c(n1-c1ccccn1)S[N+]1(S2)Sc2c(n(-c3ccccn3)c(=O)n2-c2ccccn2)S1. The summed E-state index contributed by atoms with van der Waals surface area (Å²) in [6, 6.07) is 21.9. The quantitative estimate of drug-likeness (QED) is 0.205. The molecule has 0 N–H and O–H groups in total. The molecule has 0 atom stereocenters. The monoisotopic (exact) mass is 614 g/mol. The van der Waals surface area contributed by atoms with Gasteiger partial charge in [-0.1, -0.05) is 26.4 Å². The smallest absolute Gasteiger partial charge is 0.247 e. The van der Waals surface area contributed by atoms with Gasteiger partial charge in [0.25, 0.3) is 0 Å². The van der Waals surface area contributed by atoms with E-state index in [1.54, 1.807) is 43.1 Å². The summed E-state index contributed by atoms with van der Waals surface area (Å²) < 4.78 is 6.78. The van der Waals surface area contributed by atoms with E-state index >= 15 is 0 Å². The first-order chi connectivity index (χ1) is 20.1. The van der Waals surface area contributed by atoms with Crippen LogP contribution in [0, 0.1) is 0 Å². The average molecular weight is 615 g/mol. The van der Waals surface area contributed by atoms with Crippen LogP contribution in [-0.2, 0) is 0 Å². The molecule has 200 valence electrons. The lowest BCUT2D eigenvalue weighted by molar-refractivity contribution is -0.268. The van der Waals surface area contributed by atoms with E-state index in [1.165, 1.54) is 47.8 Å². The fraction of sp³-hybridized carbons (Fsp3) is 0. The summed E-state index contributed by atoms with van der Waals surface area (Å²) in [5.41, 5.74) is -0.499. The molecule has 11 nitrogen and oxygen atoms in total. The number of aromatic nitrogens is 8. The first-order valence-corrected chi connectivity index (χ1v) is 15.3. The van der Waals surface area contributed by atoms with E-state index in [-0.39, 0.29) is 13.5 Å². The Hall–Kier alpha value is -4.02. The van der Waals surface area contributed by atoms with Gasteiger partial charge in [0.2, 0.25) is 0 Å². The Bertz CT molecular complexity index is 1750. The van der Waals surface area contributed by atoms with E-state index in [2.05, 4.69) is 19.9 Å². The first kappa shape index (κ1) is 24.8. The fourth-order valence-corrected chi connectivity index (χ4v) is 11.0. The van der Waals surface area contributed by atoms with Crippen molar-refractivity contribution in [2.45, 2.75) is 20.1 Å². The zero-order valence-electron chi connectivity index (χ0n) is 20.7. The highest BCUT2D eigenvalue weighted by Gasteiger charge is 2.58. The van der Waals surface area contributed by atoms with Gasteiger partial charge in [0.1, 0.15) is 23.3 Å². The van der Waals surface area contributed by atoms with Gasteiger partial charge in [-0.2, -0.15) is 0 Å². The fourth-order valence-electron chi connectivity index (χ4n) is 4.54. The van der Waals surface area contributed by atoms with Gasteiger partial charge in [0.05, 0.1) is 0 Å². The number of imidazole rings is 2. The minimum Gasteiger partial charge on any atom is -0.247 e. The van der Waals surface area contributed by atoms with Crippen LogP contribution in [0.5, 0.6) is 0 Å². The van der Waals surface area contributed by atoms with Crippen LogP contribution >= 0.6 is 47.8 Å². The molecule has 0 amide bonds. The van der Waals surface area contributed by atoms with Gasteiger partial charge in [0.15, 0.2) is 67.9 Å². The molecular weight excluding hydrogens is 599 g/mol. The summed E-state index contributed by atoms with van der Waals surface area (Å²) in [4.78, 5) is 45.6. The Kier molecular flexibility index (Phi) is 5.75. The van der Waals surface area contributed by atoms with Gasteiger partial charge in [0, 0.05) is 24.8 Å². The van der Waals surface area contributed by atoms with Crippen LogP contribution < -0.4 is 11.4 Å². The second-order valence-electron chi connectivity index (χ2n) is 8.69.